The topological polar surface area (TPSA) is 55.1 Å². The number of amides is 1. The van der Waals surface area contributed by atoms with E-state index >= 15 is 0 Å². The average molecular weight is 170 g/mol. The van der Waals surface area contributed by atoms with E-state index in [-0.39, 0.29) is 11.9 Å². The summed E-state index contributed by atoms with van der Waals surface area (Å²) in [6.45, 7) is 4.14. The maximum absolute atomic E-state index is 11.2. The van der Waals surface area contributed by atoms with Gasteiger partial charge in [-0.15, -0.1) is 0 Å². The van der Waals surface area contributed by atoms with Crippen molar-refractivity contribution in [2.75, 3.05) is 0 Å². The fourth-order valence-corrected chi connectivity index (χ4v) is 1.17. The minimum Gasteiger partial charge on any atom is -0.353 e. The highest BCUT2D eigenvalue weighted by Crippen LogP contribution is 2.28. The lowest BCUT2D eigenvalue weighted by Gasteiger charge is -2.08. The van der Waals surface area contributed by atoms with Crippen molar-refractivity contribution < 1.29 is 4.79 Å². The molecule has 1 rings (SSSR count). The van der Waals surface area contributed by atoms with Gasteiger partial charge in [0.05, 0.1) is 0 Å². The smallest absolute Gasteiger partial charge is 0.221 e. The predicted molar refractivity (Wildman–Crippen MR) is 48.6 cm³/mol. The molecule has 70 valence electrons. The average Bonchev–Trinajstić information content (AvgIpc) is 2.66. The van der Waals surface area contributed by atoms with Crippen molar-refractivity contribution in [3.8, 4) is 0 Å². The zero-order valence-electron chi connectivity index (χ0n) is 7.84. The van der Waals surface area contributed by atoms with Gasteiger partial charge in [0.15, 0.2) is 0 Å². The summed E-state index contributed by atoms with van der Waals surface area (Å²) >= 11 is 0. The lowest BCUT2D eigenvalue weighted by atomic mass is 10.1. The Morgan fingerprint density at radius 3 is 2.75 bits per heavy atom. The van der Waals surface area contributed by atoms with E-state index in [4.69, 9.17) is 5.73 Å². The van der Waals surface area contributed by atoms with Crippen LogP contribution < -0.4 is 11.1 Å². The first-order valence-electron chi connectivity index (χ1n) is 4.68. The molecule has 1 aliphatic carbocycles. The summed E-state index contributed by atoms with van der Waals surface area (Å²) in [5, 5.41) is 2.95. The molecule has 0 heterocycles. The van der Waals surface area contributed by atoms with Crippen LogP contribution >= 0.6 is 0 Å². The molecule has 3 nitrogen and oxygen atoms in total. The fraction of sp³-hybridized carbons (Fsp3) is 0.889. The molecule has 0 spiro atoms. The first kappa shape index (κ1) is 9.52. The quantitative estimate of drug-likeness (QED) is 0.650. The largest absolute Gasteiger partial charge is 0.353 e. The standard InChI is InChI=1S/C9H18N2O/c1-3-7(10)5-9(12)11-8-4-6(8)2/h6-8H,3-5,10H2,1-2H3,(H,11,12). The van der Waals surface area contributed by atoms with Crippen LogP contribution in [0.1, 0.15) is 33.1 Å². The van der Waals surface area contributed by atoms with E-state index in [9.17, 15) is 4.79 Å². The normalized spacial score (nSPS) is 29.6. The molecule has 0 bridgehead atoms. The summed E-state index contributed by atoms with van der Waals surface area (Å²) in [7, 11) is 0. The summed E-state index contributed by atoms with van der Waals surface area (Å²) in [5.74, 6) is 0.783. The van der Waals surface area contributed by atoms with Gasteiger partial charge in [0.1, 0.15) is 0 Å². The third-order valence-electron chi connectivity index (χ3n) is 2.43. The van der Waals surface area contributed by atoms with Gasteiger partial charge in [0, 0.05) is 18.5 Å². The van der Waals surface area contributed by atoms with E-state index in [0.29, 0.717) is 18.4 Å². The predicted octanol–water partition coefficient (Wildman–Crippen LogP) is 0.638. The van der Waals surface area contributed by atoms with E-state index in [1.165, 1.54) is 0 Å². The van der Waals surface area contributed by atoms with Crippen molar-refractivity contribution >= 4 is 5.91 Å². The van der Waals surface area contributed by atoms with Crippen molar-refractivity contribution in [3.05, 3.63) is 0 Å². The molecule has 0 saturated heterocycles. The molecule has 12 heavy (non-hydrogen) atoms. The number of rotatable bonds is 4. The second kappa shape index (κ2) is 3.90. The first-order chi connectivity index (χ1) is 5.63. The van der Waals surface area contributed by atoms with Gasteiger partial charge in [-0.2, -0.15) is 0 Å². The van der Waals surface area contributed by atoms with Gasteiger partial charge < -0.3 is 11.1 Å². The van der Waals surface area contributed by atoms with Crippen LogP contribution in [0.15, 0.2) is 0 Å². The molecule has 0 aliphatic heterocycles. The Bertz CT molecular complexity index is 162. The lowest BCUT2D eigenvalue weighted by Crippen LogP contribution is -2.32. The maximum atomic E-state index is 11.2. The molecular formula is C9H18N2O. The first-order valence-corrected chi connectivity index (χ1v) is 4.68. The number of hydrogen-bond acceptors (Lipinski definition) is 2. The molecule has 1 fully saturated rings. The number of nitrogens with one attached hydrogen (secondary N) is 1. The fourth-order valence-electron chi connectivity index (χ4n) is 1.17. The lowest BCUT2D eigenvalue weighted by molar-refractivity contribution is -0.121. The molecule has 1 aliphatic rings. The molecule has 3 N–H and O–H groups in total. The van der Waals surface area contributed by atoms with Gasteiger partial charge in [0.25, 0.3) is 0 Å². The highest BCUT2D eigenvalue weighted by Gasteiger charge is 2.33. The van der Waals surface area contributed by atoms with Crippen molar-refractivity contribution in [1.82, 2.24) is 5.32 Å². The molecule has 0 aromatic heterocycles. The zero-order chi connectivity index (χ0) is 9.14. The molecule has 3 atom stereocenters. The summed E-state index contributed by atoms with van der Waals surface area (Å²) in [5.41, 5.74) is 5.64. The Kier molecular flexibility index (Phi) is 3.09. The Labute approximate surface area is 73.7 Å². The number of carbonyl (C=O) groups excluding carboxylic acids is 1. The molecule has 0 radical (unpaired) electrons. The van der Waals surface area contributed by atoms with Gasteiger partial charge in [-0.25, -0.2) is 0 Å². The minimum atomic E-state index is 0.0269. The summed E-state index contributed by atoms with van der Waals surface area (Å²) in [6.07, 6.45) is 2.47. The molecule has 0 aromatic rings. The summed E-state index contributed by atoms with van der Waals surface area (Å²) < 4.78 is 0. The SMILES string of the molecule is CCC(N)CC(=O)NC1CC1C. The van der Waals surface area contributed by atoms with Crippen LogP contribution in [0.3, 0.4) is 0 Å². The van der Waals surface area contributed by atoms with E-state index in [2.05, 4.69) is 12.2 Å². The van der Waals surface area contributed by atoms with E-state index in [0.717, 1.165) is 12.8 Å². The number of carbonyl (C=O) groups is 1. The molecule has 1 saturated carbocycles. The third kappa shape index (κ3) is 2.81. The van der Waals surface area contributed by atoms with E-state index in [1.54, 1.807) is 0 Å². The van der Waals surface area contributed by atoms with Crippen LogP contribution in [-0.4, -0.2) is 18.0 Å². The van der Waals surface area contributed by atoms with Crippen LogP contribution in [0, 0.1) is 5.92 Å². The van der Waals surface area contributed by atoms with Crippen LogP contribution in [0.4, 0.5) is 0 Å². The van der Waals surface area contributed by atoms with Crippen LogP contribution in [0.25, 0.3) is 0 Å². The van der Waals surface area contributed by atoms with Crippen molar-refractivity contribution in [1.29, 1.82) is 0 Å². The summed E-state index contributed by atoms with van der Waals surface area (Å²) in [4.78, 5) is 11.2. The van der Waals surface area contributed by atoms with Gasteiger partial charge in [-0.1, -0.05) is 13.8 Å². The van der Waals surface area contributed by atoms with Gasteiger partial charge in [-0.05, 0) is 18.8 Å². The third-order valence-corrected chi connectivity index (χ3v) is 2.43. The van der Waals surface area contributed by atoms with Crippen molar-refractivity contribution in [3.63, 3.8) is 0 Å². The van der Waals surface area contributed by atoms with Gasteiger partial charge >= 0.3 is 0 Å². The number of hydrogen-bond donors (Lipinski definition) is 2. The van der Waals surface area contributed by atoms with E-state index < -0.39 is 0 Å². The molecule has 3 unspecified atom stereocenters. The Hall–Kier alpha value is -0.570. The monoisotopic (exact) mass is 170 g/mol. The Morgan fingerprint density at radius 2 is 2.33 bits per heavy atom. The Balaban J connectivity index is 2.12. The minimum absolute atomic E-state index is 0.0269. The maximum Gasteiger partial charge on any atom is 0.221 e. The van der Waals surface area contributed by atoms with Crippen LogP contribution in [0.5, 0.6) is 0 Å². The molecule has 0 aromatic carbocycles. The van der Waals surface area contributed by atoms with Crippen molar-refractivity contribution in [2.24, 2.45) is 11.7 Å². The van der Waals surface area contributed by atoms with Crippen LogP contribution in [0.2, 0.25) is 0 Å². The highest BCUT2D eigenvalue weighted by atomic mass is 16.1. The van der Waals surface area contributed by atoms with Gasteiger partial charge in [-0.3, -0.25) is 4.79 Å². The molecule has 3 heteroatoms. The Morgan fingerprint density at radius 1 is 1.75 bits per heavy atom. The van der Waals surface area contributed by atoms with Crippen LogP contribution in [-0.2, 0) is 4.79 Å². The molecule has 1 amide bonds. The number of nitrogens with two attached hydrogens (primary N) is 1. The summed E-state index contributed by atoms with van der Waals surface area (Å²) in [6, 6.07) is 0.459. The van der Waals surface area contributed by atoms with Crippen molar-refractivity contribution in [2.45, 2.75) is 45.2 Å². The molecular weight excluding hydrogens is 152 g/mol. The highest BCUT2D eigenvalue weighted by molar-refractivity contribution is 5.77. The van der Waals surface area contributed by atoms with E-state index in [1.807, 2.05) is 6.92 Å². The second-order valence-corrected chi connectivity index (χ2v) is 3.76. The van der Waals surface area contributed by atoms with Gasteiger partial charge in [0.2, 0.25) is 5.91 Å². The zero-order valence-corrected chi connectivity index (χ0v) is 7.84. The second-order valence-electron chi connectivity index (χ2n) is 3.76.